The average molecular weight is 733 g/mol. The monoisotopic (exact) mass is 732 g/mol. The lowest BCUT2D eigenvalue weighted by atomic mass is 9.86. The number of aromatic nitrogens is 1. The zero-order valence-electron chi connectivity index (χ0n) is 32.3. The lowest BCUT2D eigenvalue weighted by Gasteiger charge is -2.30. The molecule has 2 nitrogen and oxygen atoms in total. The second-order valence-electron chi connectivity index (χ2n) is 16.0. The molecule has 0 fully saturated rings. The molecule has 0 aliphatic heterocycles. The summed E-state index contributed by atoms with van der Waals surface area (Å²) in [7, 11) is 0. The lowest BCUT2D eigenvalue weighted by Crippen LogP contribution is -2.17. The van der Waals surface area contributed by atoms with Gasteiger partial charge in [0.2, 0.25) is 0 Å². The van der Waals surface area contributed by atoms with E-state index >= 15 is 0 Å². The quantitative estimate of drug-likeness (QED) is 0.155. The molecule has 3 aliphatic carbocycles. The van der Waals surface area contributed by atoms with Gasteiger partial charge in [-0.2, -0.15) is 0 Å². The van der Waals surface area contributed by atoms with E-state index in [1.54, 1.807) is 0 Å². The Labute approximate surface area is 335 Å². The van der Waals surface area contributed by atoms with Gasteiger partial charge in [0.25, 0.3) is 0 Å². The second-order valence-corrected chi connectivity index (χ2v) is 16.0. The fourth-order valence-electron chi connectivity index (χ4n) is 9.80. The van der Waals surface area contributed by atoms with Crippen molar-refractivity contribution in [2.45, 2.75) is 44.4 Å². The van der Waals surface area contributed by atoms with Crippen molar-refractivity contribution in [3.05, 3.63) is 210 Å². The Morgan fingerprint density at radius 2 is 1.26 bits per heavy atom. The van der Waals surface area contributed by atoms with E-state index in [0.29, 0.717) is 11.8 Å². The highest BCUT2D eigenvalue weighted by atomic mass is 15.1. The van der Waals surface area contributed by atoms with Crippen molar-refractivity contribution in [1.82, 2.24) is 4.57 Å². The summed E-state index contributed by atoms with van der Waals surface area (Å²) in [5.41, 5.74) is 15.5. The molecule has 1 heterocycles. The molecule has 0 spiro atoms. The fraction of sp³-hybridized carbons (Fsp3) is 0.127. The van der Waals surface area contributed by atoms with Crippen molar-refractivity contribution in [2.75, 3.05) is 4.90 Å². The van der Waals surface area contributed by atoms with Gasteiger partial charge < -0.3 is 9.47 Å². The Balaban J connectivity index is 0.959. The summed E-state index contributed by atoms with van der Waals surface area (Å²) >= 11 is 0. The van der Waals surface area contributed by atoms with Gasteiger partial charge in [0.15, 0.2) is 0 Å². The molecular formula is C55H44N2. The first-order chi connectivity index (χ1) is 28.2. The van der Waals surface area contributed by atoms with Crippen LogP contribution in [0.3, 0.4) is 0 Å². The van der Waals surface area contributed by atoms with Crippen LogP contribution in [-0.4, -0.2) is 4.57 Å². The van der Waals surface area contributed by atoms with Crippen LogP contribution in [0.25, 0.3) is 61.4 Å². The van der Waals surface area contributed by atoms with E-state index in [4.69, 9.17) is 0 Å². The van der Waals surface area contributed by atoms with Gasteiger partial charge in [-0.15, -0.1) is 0 Å². The molecule has 7 aromatic carbocycles. The highest BCUT2D eigenvalue weighted by molar-refractivity contribution is 6.14. The van der Waals surface area contributed by atoms with Gasteiger partial charge in [-0.1, -0.05) is 147 Å². The van der Waals surface area contributed by atoms with Crippen molar-refractivity contribution in [3.8, 4) is 16.8 Å². The molecule has 8 aromatic rings. The molecule has 0 saturated heterocycles. The minimum atomic E-state index is 0.309. The highest BCUT2D eigenvalue weighted by Gasteiger charge is 2.24. The van der Waals surface area contributed by atoms with E-state index in [1.807, 2.05) is 0 Å². The van der Waals surface area contributed by atoms with Crippen LogP contribution in [0.5, 0.6) is 0 Å². The highest BCUT2D eigenvalue weighted by Crippen LogP contribution is 2.43. The molecule has 57 heavy (non-hydrogen) atoms. The third-order valence-electron chi connectivity index (χ3n) is 12.6. The maximum Gasteiger partial charge on any atom is 0.0537 e. The number of hydrogen-bond donors (Lipinski definition) is 0. The molecule has 1 aromatic heterocycles. The largest absolute Gasteiger partial charge is 0.313 e. The molecule has 2 heteroatoms. The van der Waals surface area contributed by atoms with Crippen LogP contribution in [0.4, 0.5) is 11.4 Å². The first kappa shape index (κ1) is 33.7. The summed E-state index contributed by atoms with van der Waals surface area (Å²) in [6, 6.07) is 54.0. The smallest absolute Gasteiger partial charge is 0.0537 e. The molecule has 0 bridgehead atoms. The molecule has 274 valence electrons. The maximum atomic E-state index is 2.50. The van der Waals surface area contributed by atoms with Gasteiger partial charge in [-0.3, -0.25) is 0 Å². The van der Waals surface area contributed by atoms with Gasteiger partial charge in [0.1, 0.15) is 0 Å². The minimum absolute atomic E-state index is 0.309. The zero-order valence-corrected chi connectivity index (χ0v) is 32.3. The SMILES string of the molecule is CC1CC=Cc2c1n(-c1ccc(C3C=CC(N(c4ccc(-c5ccccc5)cc4)c4ccc5c(c4)c4c(c6ccccc65)C=CCC4)=CC3)cc1)c1ccccc21. The van der Waals surface area contributed by atoms with Crippen molar-refractivity contribution >= 4 is 56.0 Å². The number of aryl methyl sites for hydroxylation is 1. The van der Waals surface area contributed by atoms with Gasteiger partial charge >= 0.3 is 0 Å². The second kappa shape index (κ2) is 13.8. The summed E-state index contributed by atoms with van der Waals surface area (Å²) in [5, 5.41) is 6.70. The number of nitrogens with zero attached hydrogens (tertiary/aromatic N) is 2. The maximum absolute atomic E-state index is 2.50. The summed E-state index contributed by atoms with van der Waals surface area (Å²) in [6.07, 6.45) is 20.7. The predicted octanol–water partition coefficient (Wildman–Crippen LogP) is 14.8. The molecule has 11 rings (SSSR count). The van der Waals surface area contributed by atoms with E-state index in [1.165, 1.54) is 88.6 Å². The molecule has 0 amide bonds. The molecule has 2 unspecified atom stereocenters. The normalized spacial score (nSPS) is 17.2. The predicted molar refractivity (Wildman–Crippen MR) is 243 cm³/mol. The number of hydrogen-bond acceptors (Lipinski definition) is 1. The van der Waals surface area contributed by atoms with Gasteiger partial charge in [0.05, 0.1) is 5.52 Å². The van der Waals surface area contributed by atoms with Gasteiger partial charge in [-0.25, -0.2) is 0 Å². The Hall–Kier alpha value is -6.64. The third kappa shape index (κ3) is 5.70. The first-order valence-electron chi connectivity index (χ1n) is 20.6. The van der Waals surface area contributed by atoms with Crippen LogP contribution in [-0.2, 0) is 6.42 Å². The average Bonchev–Trinajstić information content (AvgIpc) is 3.63. The Morgan fingerprint density at radius 3 is 2.07 bits per heavy atom. The number of benzene rings is 7. The Bertz CT molecular complexity index is 2950. The lowest BCUT2D eigenvalue weighted by molar-refractivity contribution is 0.723. The number of para-hydroxylation sites is 1. The van der Waals surface area contributed by atoms with Crippen LogP contribution < -0.4 is 4.90 Å². The van der Waals surface area contributed by atoms with E-state index < -0.39 is 0 Å². The summed E-state index contributed by atoms with van der Waals surface area (Å²) < 4.78 is 2.50. The minimum Gasteiger partial charge on any atom is -0.313 e. The van der Waals surface area contributed by atoms with E-state index in [-0.39, 0.29) is 0 Å². The molecule has 0 saturated carbocycles. The van der Waals surface area contributed by atoms with Crippen molar-refractivity contribution < 1.29 is 0 Å². The molecule has 3 aliphatic rings. The standard InChI is InChI=1S/C55H44N2/c1-37-12-11-20-52-51-19-9-10-21-54(51)57(55(37)52)44-32-26-41(27-33-44)40-24-30-43(31-25-40)56(42-28-22-39(23-29-42)38-13-3-2-4-14-38)45-34-35-50-48-17-6-5-15-46(48)47-16-7-8-18-49(47)53(50)36-45/h2-7,9-11,13-17,19-24,26-37,40H,8,12,18,25H2,1H3. The third-order valence-corrected chi connectivity index (χ3v) is 12.6. The van der Waals surface area contributed by atoms with Crippen molar-refractivity contribution in [3.63, 3.8) is 0 Å². The van der Waals surface area contributed by atoms with Crippen LogP contribution in [0.1, 0.15) is 66.0 Å². The van der Waals surface area contributed by atoms with Gasteiger partial charge in [-0.05, 0) is 124 Å². The number of anilines is 2. The molecule has 0 N–H and O–H groups in total. The summed E-state index contributed by atoms with van der Waals surface area (Å²) in [5.74, 6) is 0.785. The fourth-order valence-corrected chi connectivity index (χ4v) is 9.80. The number of rotatable bonds is 6. The molecule has 0 radical (unpaired) electrons. The van der Waals surface area contributed by atoms with E-state index in [2.05, 4.69) is 205 Å². The van der Waals surface area contributed by atoms with Crippen molar-refractivity contribution in [2.24, 2.45) is 0 Å². The topological polar surface area (TPSA) is 8.17 Å². The Kier molecular flexibility index (Phi) is 8.17. The van der Waals surface area contributed by atoms with Gasteiger partial charge in [0, 0.05) is 51.2 Å². The zero-order chi connectivity index (χ0) is 37.9. The van der Waals surface area contributed by atoms with Crippen LogP contribution in [0.2, 0.25) is 0 Å². The molecular weight excluding hydrogens is 689 g/mol. The first-order valence-corrected chi connectivity index (χ1v) is 20.6. The van der Waals surface area contributed by atoms with Crippen LogP contribution >= 0.6 is 0 Å². The van der Waals surface area contributed by atoms with Crippen LogP contribution in [0.15, 0.2) is 182 Å². The number of fused-ring (bicyclic) bond motifs is 9. The van der Waals surface area contributed by atoms with Crippen LogP contribution in [0, 0.1) is 0 Å². The number of allylic oxidation sites excluding steroid dienone is 5. The molecule has 2 atom stereocenters. The van der Waals surface area contributed by atoms with E-state index in [9.17, 15) is 0 Å². The summed E-state index contributed by atoms with van der Waals surface area (Å²) in [4.78, 5) is 2.46. The van der Waals surface area contributed by atoms with E-state index in [0.717, 1.165) is 31.4 Å². The van der Waals surface area contributed by atoms with Crippen molar-refractivity contribution in [1.29, 1.82) is 0 Å². The summed E-state index contributed by atoms with van der Waals surface area (Å²) in [6.45, 7) is 2.36. The Morgan fingerprint density at radius 1 is 0.561 bits per heavy atom.